The number of unbranched alkanes of at least 4 members (excludes halogenated alkanes) is 2. The van der Waals surface area contributed by atoms with Gasteiger partial charge in [-0.2, -0.15) is 5.26 Å². The van der Waals surface area contributed by atoms with Gasteiger partial charge in [-0.05, 0) is 87.4 Å². The van der Waals surface area contributed by atoms with E-state index in [1.807, 2.05) is 7.11 Å². The van der Waals surface area contributed by atoms with Gasteiger partial charge in [0.15, 0.2) is 0 Å². The molecule has 0 saturated heterocycles. The summed E-state index contributed by atoms with van der Waals surface area (Å²) in [6.07, 6.45) is 17.2. The van der Waals surface area contributed by atoms with E-state index in [4.69, 9.17) is 4.74 Å². The van der Waals surface area contributed by atoms with Crippen LogP contribution in [0.3, 0.4) is 0 Å². The lowest BCUT2D eigenvalue weighted by Crippen LogP contribution is -2.44. The van der Waals surface area contributed by atoms with Crippen LogP contribution >= 0.6 is 0 Å². The van der Waals surface area contributed by atoms with E-state index in [2.05, 4.69) is 13.0 Å². The largest absolute Gasteiger partial charge is 0.385 e. The zero-order chi connectivity index (χ0) is 17.7. The van der Waals surface area contributed by atoms with Gasteiger partial charge in [-0.1, -0.05) is 32.6 Å². The second-order valence-electron chi connectivity index (χ2n) is 9.48. The summed E-state index contributed by atoms with van der Waals surface area (Å²) in [5.74, 6) is 4.66. The van der Waals surface area contributed by atoms with E-state index < -0.39 is 0 Å². The molecule has 0 spiro atoms. The Balaban J connectivity index is 1.57. The van der Waals surface area contributed by atoms with Gasteiger partial charge in [-0.3, -0.25) is 0 Å². The van der Waals surface area contributed by atoms with Crippen LogP contribution in [-0.4, -0.2) is 13.7 Å². The number of nitriles is 1. The molecule has 2 heteroatoms. The highest BCUT2D eigenvalue weighted by Crippen LogP contribution is 2.57. The van der Waals surface area contributed by atoms with Crippen molar-refractivity contribution in [2.45, 2.75) is 90.4 Å². The molecule has 0 bridgehead atoms. The summed E-state index contributed by atoms with van der Waals surface area (Å²) in [7, 11) is 1.83. The van der Waals surface area contributed by atoms with Crippen molar-refractivity contribution in [3.63, 3.8) is 0 Å². The molecule has 3 fully saturated rings. The van der Waals surface area contributed by atoms with Gasteiger partial charge in [0, 0.05) is 13.7 Å². The average Bonchev–Trinajstić information content (AvgIpc) is 2.66. The highest BCUT2D eigenvalue weighted by Gasteiger charge is 2.48. The van der Waals surface area contributed by atoms with E-state index in [1.54, 1.807) is 0 Å². The van der Waals surface area contributed by atoms with Gasteiger partial charge in [0.05, 0.1) is 11.5 Å². The standard InChI is InChI=1S/C23H39NO/c1-3-4-5-12-23(17-24)13-10-22-20(16-23)8-7-19-15-18(11-14-25-2)6-9-21(19)22/h18-22H,3-16H2,1-2H3. The Labute approximate surface area is 155 Å². The third-order valence-corrected chi connectivity index (χ3v) is 8.05. The minimum atomic E-state index is 0.0266. The molecule has 0 aromatic carbocycles. The molecular formula is C23H39NO. The van der Waals surface area contributed by atoms with Gasteiger partial charge < -0.3 is 4.74 Å². The highest BCUT2D eigenvalue weighted by molar-refractivity contribution is 5.06. The van der Waals surface area contributed by atoms with Gasteiger partial charge in [-0.25, -0.2) is 0 Å². The minimum absolute atomic E-state index is 0.0266. The van der Waals surface area contributed by atoms with Crippen LogP contribution in [0.1, 0.15) is 90.4 Å². The molecule has 3 rings (SSSR count). The fourth-order valence-electron chi connectivity index (χ4n) is 6.67. The first-order valence-electron chi connectivity index (χ1n) is 11.1. The number of methoxy groups -OCH3 is 1. The Morgan fingerprint density at radius 2 is 1.84 bits per heavy atom. The van der Waals surface area contributed by atoms with Crippen molar-refractivity contribution < 1.29 is 4.74 Å². The molecule has 25 heavy (non-hydrogen) atoms. The van der Waals surface area contributed by atoms with Gasteiger partial charge in [0.1, 0.15) is 0 Å². The molecule has 0 heterocycles. The fourth-order valence-corrected chi connectivity index (χ4v) is 6.67. The maximum atomic E-state index is 9.92. The predicted molar refractivity (Wildman–Crippen MR) is 103 cm³/mol. The van der Waals surface area contributed by atoms with Crippen LogP contribution in [0.4, 0.5) is 0 Å². The van der Waals surface area contributed by atoms with Crippen molar-refractivity contribution in [2.24, 2.45) is 35.0 Å². The number of nitrogens with zero attached hydrogens (tertiary/aromatic N) is 1. The first kappa shape index (κ1) is 19.2. The molecule has 0 N–H and O–H groups in total. The Kier molecular flexibility index (Phi) is 6.84. The second-order valence-corrected chi connectivity index (χ2v) is 9.48. The molecule has 0 amide bonds. The number of hydrogen-bond acceptors (Lipinski definition) is 2. The third-order valence-electron chi connectivity index (χ3n) is 8.05. The molecule has 6 unspecified atom stereocenters. The first-order chi connectivity index (χ1) is 12.2. The molecule has 3 aliphatic rings. The molecule has 0 radical (unpaired) electrons. The van der Waals surface area contributed by atoms with E-state index in [1.165, 1.54) is 77.0 Å². The third kappa shape index (κ3) is 4.41. The van der Waals surface area contributed by atoms with E-state index >= 15 is 0 Å². The quantitative estimate of drug-likeness (QED) is 0.503. The van der Waals surface area contributed by atoms with E-state index in [9.17, 15) is 5.26 Å². The van der Waals surface area contributed by atoms with E-state index in [-0.39, 0.29) is 5.41 Å². The Morgan fingerprint density at radius 1 is 1.04 bits per heavy atom. The van der Waals surface area contributed by atoms with Crippen LogP contribution in [0.25, 0.3) is 0 Å². The summed E-state index contributed by atoms with van der Waals surface area (Å²) in [5.41, 5.74) is 0.0266. The van der Waals surface area contributed by atoms with Gasteiger partial charge in [-0.15, -0.1) is 0 Å². The zero-order valence-electron chi connectivity index (χ0n) is 16.6. The number of hydrogen-bond donors (Lipinski definition) is 0. The number of rotatable bonds is 7. The molecule has 0 aliphatic heterocycles. The molecule has 142 valence electrons. The summed E-state index contributed by atoms with van der Waals surface area (Å²) < 4.78 is 5.31. The number of fused-ring (bicyclic) bond motifs is 3. The summed E-state index contributed by atoms with van der Waals surface area (Å²) in [4.78, 5) is 0. The van der Waals surface area contributed by atoms with Crippen LogP contribution in [0.2, 0.25) is 0 Å². The summed E-state index contributed by atoms with van der Waals surface area (Å²) in [6.45, 7) is 3.21. The van der Waals surface area contributed by atoms with Gasteiger partial charge in [0.25, 0.3) is 0 Å². The smallest absolute Gasteiger partial charge is 0.0689 e. The molecule has 2 nitrogen and oxygen atoms in total. The van der Waals surface area contributed by atoms with E-state index in [0.29, 0.717) is 0 Å². The lowest BCUT2D eigenvalue weighted by Gasteiger charge is -2.52. The van der Waals surface area contributed by atoms with Crippen molar-refractivity contribution in [2.75, 3.05) is 13.7 Å². The number of ether oxygens (including phenoxy) is 1. The van der Waals surface area contributed by atoms with Crippen LogP contribution in [-0.2, 0) is 4.74 Å². The maximum Gasteiger partial charge on any atom is 0.0689 e. The topological polar surface area (TPSA) is 33.0 Å². The normalized spacial score (nSPS) is 40.8. The summed E-state index contributed by atoms with van der Waals surface area (Å²) in [6, 6.07) is 2.80. The van der Waals surface area contributed by atoms with Gasteiger partial charge >= 0.3 is 0 Å². The second kappa shape index (κ2) is 8.90. The first-order valence-corrected chi connectivity index (χ1v) is 11.1. The van der Waals surface area contributed by atoms with Crippen molar-refractivity contribution in [3.8, 4) is 6.07 Å². The Bertz CT molecular complexity index is 455. The zero-order valence-corrected chi connectivity index (χ0v) is 16.6. The highest BCUT2D eigenvalue weighted by atomic mass is 16.5. The summed E-state index contributed by atoms with van der Waals surface area (Å²) in [5, 5.41) is 9.92. The Hall–Kier alpha value is -0.550. The summed E-state index contributed by atoms with van der Waals surface area (Å²) >= 11 is 0. The van der Waals surface area contributed by atoms with E-state index in [0.717, 1.165) is 42.6 Å². The average molecular weight is 346 g/mol. The maximum absolute atomic E-state index is 9.92. The monoisotopic (exact) mass is 345 g/mol. The van der Waals surface area contributed by atoms with Gasteiger partial charge in [0.2, 0.25) is 0 Å². The Morgan fingerprint density at radius 3 is 2.60 bits per heavy atom. The SMILES string of the molecule is CCCCCC1(C#N)CCC2C(CCC3CC(CCOC)CCC32)C1. The van der Waals surface area contributed by atoms with Crippen LogP contribution < -0.4 is 0 Å². The molecule has 0 aromatic heterocycles. The molecule has 0 aromatic rings. The fraction of sp³-hybridized carbons (Fsp3) is 0.957. The molecule has 6 atom stereocenters. The van der Waals surface area contributed by atoms with Crippen LogP contribution in [0, 0.1) is 46.3 Å². The molecule has 3 aliphatic carbocycles. The van der Waals surface area contributed by atoms with Crippen molar-refractivity contribution in [1.82, 2.24) is 0 Å². The lowest BCUT2D eigenvalue weighted by atomic mass is 9.52. The van der Waals surface area contributed by atoms with Crippen molar-refractivity contribution >= 4 is 0 Å². The van der Waals surface area contributed by atoms with Crippen LogP contribution in [0.5, 0.6) is 0 Å². The molecule has 3 saturated carbocycles. The molecular weight excluding hydrogens is 306 g/mol. The van der Waals surface area contributed by atoms with Crippen LogP contribution in [0.15, 0.2) is 0 Å². The minimum Gasteiger partial charge on any atom is -0.385 e. The predicted octanol–water partition coefficient (Wildman–Crippen LogP) is 6.36. The lowest BCUT2D eigenvalue weighted by molar-refractivity contribution is -0.0200. The van der Waals surface area contributed by atoms with Crippen molar-refractivity contribution in [3.05, 3.63) is 0 Å². The van der Waals surface area contributed by atoms with Crippen molar-refractivity contribution in [1.29, 1.82) is 5.26 Å².